The van der Waals surface area contributed by atoms with Gasteiger partial charge in [0.2, 0.25) is 0 Å². The lowest BCUT2D eigenvalue weighted by atomic mass is 9.96. The van der Waals surface area contributed by atoms with Crippen LogP contribution in [0, 0.1) is 0 Å². The van der Waals surface area contributed by atoms with Crippen molar-refractivity contribution in [1.82, 2.24) is 0 Å². The van der Waals surface area contributed by atoms with Crippen LogP contribution in [0.15, 0.2) is 12.1 Å². The third-order valence-electron chi connectivity index (χ3n) is 4.33. The first-order valence-corrected chi connectivity index (χ1v) is 8.36. The van der Waals surface area contributed by atoms with Gasteiger partial charge in [-0.05, 0) is 37.8 Å². The summed E-state index contributed by atoms with van der Waals surface area (Å²) in [5.74, 6) is 1.33. The number of hydrogen-bond donors (Lipinski definition) is 1. The van der Waals surface area contributed by atoms with Gasteiger partial charge in [-0.25, -0.2) is 0 Å². The normalized spacial score (nSPS) is 17.1. The van der Waals surface area contributed by atoms with Crippen molar-refractivity contribution >= 4 is 11.6 Å². The van der Waals surface area contributed by atoms with Crippen molar-refractivity contribution in [2.24, 2.45) is 0 Å². The molecule has 1 aromatic carbocycles. The molecule has 1 aromatic rings. The van der Waals surface area contributed by atoms with E-state index in [0.717, 1.165) is 12.6 Å². The fourth-order valence-corrected chi connectivity index (χ4v) is 3.43. The molecule has 118 valence electrons. The number of halogens is 1. The number of quaternary nitrogens is 1. The van der Waals surface area contributed by atoms with Crippen molar-refractivity contribution in [3.8, 4) is 11.5 Å². The van der Waals surface area contributed by atoms with Gasteiger partial charge < -0.3 is 14.8 Å². The van der Waals surface area contributed by atoms with Crippen molar-refractivity contribution in [2.45, 2.75) is 57.5 Å². The molecule has 0 atom stereocenters. The minimum Gasteiger partial charge on any atom is -0.493 e. The predicted molar refractivity (Wildman–Crippen MR) is 86.3 cm³/mol. The molecule has 2 rings (SSSR count). The van der Waals surface area contributed by atoms with Gasteiger partial charge >= 0.3 is 0 Å². The zero-order chi connectivity index (χ0) is 15.1. The van der Waals surface area contributed by atoms with E-state index >= 15 is 0 Å². The molecule has 0 spiro atoms. The molecule has 0 aliphatic heterocycles. The fraction of sp³-hybridized carbons (Fsp3) is 0.647. The number of rotatable bonds is 5. The summed E-state index contributed by atoms with van der Waals surface area (Å²) < 4.78 is 10.6. The molecule has 1 aliphatic rings. The third kappa shape index (κ3) is 4.79. The SMILES string of the molecule is COc1cc(C[NH2+]C2CCCCCCC2)cc(Cl)c1OC. The summed E-state index contributed by atoms with van der Waals surface area (Å²) >= 11 is 6.26. The first-order chi connectivity index (χ1) is 10.2. The van der Waals surface area contributed by atoms with Crippen molar-refractivity contribution in [3.05, 3.63) is 22.7 Å². The quantitative estimate of drug-likeness (QED) is 0.902. The minimum atomic E-state index is 0.619. The van der Waals surface area contributed by atoms with Crippen molar-refractivity contribution in [2.75, 3.05) is 14.2 Å². The standard InChI is InChI=1S/C17H26ClNO2/c1-20-16-11-13(10-15(18)17(16)21-2)12-19-14-8-6-4-3-5-7-9-14/h10-11,14,19H,3-9,12H2,1-2H3/p+1. The highest BCUT2D eigenvalue weighted by atomic mass is 35.5. The Morgan fingerprint density at radius 1 is 1.05 bits per heavy atom. The minimum absolute atomic E-state index is 0.619. The monoisotopic (exact) mass is 312 g/mol. The number of nitrogens with two attached hydrogens (primary N) is 1. The molecule has 1 fully saturated rings. The van der Waals surface area contributed by atoms with Crippen LogP contribution in [-0.4, -0.2) is 20.3 Å². The summed E-state index contributed by atoms with van der Waals surface area (Å²) in [6.07, 6.45) is 9.61. The maximum absolute atomic E-state index is 6.26. The van der Waals surface area contributed by atoms with E-state index in [1.807, 2.05) is 12.1 Å². The van der Waals surface area contributed by atoms with Gasteiger partial charge in [0, 0.05) is 5.56 Å². The second-order valence-electron chi connectivity index (χ2n) is 5.86. The highest BCUT2D eigenvalue weighted by Crippen LogP contribution is 2.35. The molecule has 0 aromatic heterocycles. The average Bonchev–Trinajstić information content (AvgIpc) is 2.45. The van der Waals surface area contributed by atoms with Gasteiger partial charge in [-0.2, -0.15) is 0 Å². The van der Waals surface area contributed by atoms with E-state index < -0.39 is 0 Å². The van der Waals surface area contributed by atoms with Crippen molar-refractivity contribution in [1.29, 1.82) is 0 Å². The third-order valence-corrected chi connectivity index (χ3v) is 4.61. The van der Waals surface area contributed by atoms with Crippen LogP contribution in [0.3, 0.4) is 0 Å². The summed E-state index contributed by atoms with van der Waals surface area (Å²) in [5.41, 5.74) is 1.19. The summed E-state index contributed by atoms with van der Waals surface area (Å²) in [7, 11) is 3.26. The van der Waals surface area contributed by atoms with Gasteiger partial charge in [0.1, 0.15) is 6.54 Å². The lowest BCUT2D eigenvalue weighted by molar-refractivity contribution is -0.706. The highest BCUT2D eigenvalue weighted by Gasteiger charge is 2.16. The molecule has 1 saturated carbocycles. The van der Waals surface area contributed by atoms with Crippen LogP contribution in [0.25, 0.3) is 0 Å². The second kappa shape index (κ2) is 8.50. The van der Waals surface area contributed by atoms with E-state index in [1.54, 1.807) is 14.2 Å². The molecule has 21 heavy (non-hydrogen) atoms. The Labute approximate surface area is 133 Å². The van der Waals surface area contributed by atoms with Crippen LogP contribution in [0.2, 0.25) is 5.02 Å². The average molecular weight is 313 g/mol. The van der Waals surface area contributed by atoms with Crippen LogP contribution in [0.1, 0.15) is 50.5 Å². The molecular formula is C17H27ClNO2+. The molecule has 3 nitrogen and oxygen atoms in total. The topological polar surface area (TPSA) is 35.1 Å². The Balaban J connectivity index is 1.97. The number of hydrogen-bond acceptors (Lipinski definition) is 2. The first-order valence-electron chi connectivity index (χ1n) is 7.98. The van der Waals surface area contributed by atoms with Crippen molar-refractivity contribution < 1.29 is 14.8 Å². The smallest absolute Gasteiger partial charge is 0.179 e. The van der Waals surface area contributed by atoms with Gasteiger partial charge in [0.25, 0.3) is 0 Å². The summed E-state index contributed by atoms with van der Waals surface area (Å²) in [4.78, 5) is 0. The molecule has 0 amide bonds. The van der Waals surface area contributed by atoms with E-state index in [9.17, 15) is 0 Å². The molecule has 2 N–H and O–H groups in total. The molecule has 0 bridgehead atoms. The summed E-state index contributed by atoms with van der Waals surface area (Å²) in [6.45, 7) is 0.949. The number of methoxy groups -OCH3 is 2. The molecule has 0 saturated heterocycles. The maximum Gasteiger partial charge on any atom is 0.179 e. The lowest BCUT2D eigenvalue weighted by Crippen LogP contribution is -2.88. The van der Waals surface area contributed by atoms with E-state index in [-0.39, 0.29) is 0 Å². The van der Waals surface area contributed by atoms with Crippen LogP contribution in [-0.2, 0) is 6.54 Å². The fourth-order valence-electron chi connectivity index (χ4n) is 3.12. The Kier molecular flexibility index (Phi) is 6.65. The van der Waals surface area contributed by atoms with Crippen LogP contribution in [0.5, 0.6) is 11.5 Å². The molecule has 0 heterocycles. The van der Waals surface area contributed by atoms with Gasteiger partial charge in [0.15, 0.2) is 11.5 Å². The van der Waals surface area contributed by atoms with Crippen LogP contribution < -0.4 is 14.8 Å². The highest BCUT2D eigenvalue weighted by molar-refractivity contribution is 6.32. The lowest BCUT2D eigenvalue weighted by Gasteiger charge is -2.18. The largest absolute Gasteiger partial charge is 0.493 e. The van der Waals surface area contributed by atoms with Gasteiger partial charge in [-0.1, -0.05) is 30.9 Å². The second-order valence-corrected chi connectivity index (χ2v) is 6.27. The molecule has 1 aliphatic carbocycles. The van der Waals surface area contributed by atoms with Crippen molar-refractivity contribution in [3.63, 3.8) is 0 Å². The molecule has 4 heteroatoms. The first kappa shape index (κ1) is 16.4. The Bertz CT molecular complexity index is 443. The zero-order valence-electron chi connectivity index (χ0n) is 13.2. The zero-order valence-corrected chi connectivity index (χ0v) is 13.9. The van der Waals surface area contributed by atoms with E-state index in [4.69, 9.17) is 21.1 Å². The van der Waals surface area contributed by atoms with Gasteiger partial charge in [0.05, 0.1) is 25.3 Å². The van der Waals surface area contributed by atoms with Crippen LogP contribution >= 0.6 is 11.6 Å². The number of ether oxygens (including phenoxy) is 2. The summed E-state index contributed by atoms with van der Waals surface area (Å²) in [5, 5.41) is 3.08. The molecular weight excluding hydrogens is 286 g/mol. The predicted octanol–water partition coefficient (Wildman–Crippen LogP) is 3.53. The summed E-state index contributed by atoms with van der Waals surface area (Å²) in [6, 6.07) is 4.77. The Morgan fingerprint density at radius 3 is 2.33 bits per heavy atom. The van der Waals surface area contributed by atoms with Crippen LogP contribution in [0.4, 0.5) is 0 Å². The van der Waals surface area contributed by atoms with Gasteiger partial charge in [-0.3, -0.25) is 0 Å². The molecule has 0 unspecified atom stereocenters. The Hall–Kier alpha value is -0.930. The maximum atomic E-state index is 6.26. The van der Waals surface area contributed by atoms with E-state index in [2.05, 4.69) is 5.32 Å². The van der Waals surface area contributed by atoms with E-state index in [1.165, 1.54) is 50.5 Å². The molecule has 0 radical (unpaired) electrons. The van der Waals surface area contributed by atoms with E-state index in [0.29, 0.717) is 16.5 Å². The Morgan fingerprint density at radius 2 is 1.71 bits per heavy atom. The van der Waals surface area contributed by atoms with Gasteiger partial charge in [-0.15, -0.1) is 0 Å². The number of benzene rings is 1.